The molecule has 6 aliphatic carbocycles. The van der Waals surface area contributed by atoms with Gasteiger partial charge in [-0.05, 0) is 145 Å². The molecule has 0 amide bonds. The molecule has 0 aromatic heterocycles. The minimum atomic E-state index is -0.285. The predicted octanol–water partition coefficient (Wildman–Crippen LogP) is 16.4. The second kappa shape index (κ2) is 30.9. The van der Waals surface area contributed by atoms with Crippen LogP contribution in [0.3, 0.4) is 0 Å². The van der Waals surface area contributed by atoms with Crippen LogP contribution in [0.15, 0.2) is 30.5 Å². The first-order valence-corrected chi connectivity index (χ1v) is 30.5. The first kappa shape index (κ1) is 71.2. The van der Waals surface area contributed by atoms with Gasteiger partial charge in [0.1, 0.15) is 19.0 Å². The van der Waals surface area contributed by atoms with Gasteiger partial charge in [0.05, 0.1) is 38.2 Å². The number of carbonyl (C=O) groups is 2. The third-order valence-electron chi connectivity index (χ3n) is 21.2. The van der Waals surface area contributed by atoms with E-state index in [0.29, 0.717) is 90.3 Å². The molecule has 1 heterocycles. The Morgan fingerprint density at radius 3 is 1.78 bits per heavy atom. The number of nitrogens with two attached hydrogens (primary N) is 1. The predicted molar refractivity (Wildman–Crippen MR) is 325 cm³/mol. The van der Waals surface area contributed by atoms with Crippen LogP contribution in [0.5, 0.6) is 0 Å². The molecule has 0 bridgehead atoms. The second-order valence-electron chi connectivity index (χ2n) is 29.5. The molecule has 0 radical (unpaired) electrons. The summed E-state index contributed by atoms with van der Waals surface area (Å²) in [6.45, 7) is 51.8. The van der Waals surface area contributed by atoms with E-state index >= 15 is 0 Å². The summed E-state index contributed by atoms with van der Waals surface area (Å²) in [5, 5.41) is 13.8. The van der Waals surface area contributed by atoms with Gasteiger partial charge in [0.25, 0.3) is 0 Å². The fraction of sp³-hybridized carbons (Fsp3) is 0.896. The number of epoxide rings is 1. The minimum absolute atomic E-state index is 0. The van der Waals surface area contributed by atoms with Crippen molar-refractivity contribution < 1.29 is 40.0 Å². The van der Waals surface area contributed by atoms with E-state index in [0.717, 1.165) is 74.2 Å². The molecule has 452 valence electrons. The smallest absolute Gasteiger partial charge is 0.163 e. The summed E-state index contributed by atoms with van der Waals surface area (Å²) >= 11 is 0. The Morgan fingerprint density at radius 2 is 1.29 bits per heavy atom. The molecule has 0 spiro atoms. The van der Waals surface area contributed by atoms with Crippen molar-refractivity contribution in [1.29, 1.82) is 0 Å². The van der Waals surface area contributed by atoms with E-state index in [4.69, 9.17) is 19.0 Å². The summed E-state index contributed by atoms with van der Waals surface area (Å²) in [6, 6.07) is 0. The average molecular weight is 1090 g/mol. The summed E-state index contributed by atoms with van der Waals surface area (Å²) in [5.74, 6) is 12.0. The molecule has 1 unspecified atom stereocenters. The van der Waals surface area contributed by atoms with Crippen molar-refractivity contribution in [3.05, 3.63) is 25.3 Å². The van der Waals surface area contributed by atoms with Gasteiger partial charge in [0.2, 0.25) is 0 Å². The van der Waals surface area contributed by atoms with E-state index in [9.17, 15) is 14.7 Å². The summed E-state index contributed by atoms with van der Waals surface area (Å²) in [7, 11) is 0. The molecular weight excluding hydrogens is 961 g/mol. The number of aliphatic hydroxyl groups is 1. The van der Waals surface area contributed by atoms with E-state index < -0.39 is 0 Å². The lowest BCUT2D eigenvalue weighted by molar-refractivity contribution is -0.132. The Bertz CT molecular complexity index is 1820. The zero-order valence-electron chi connectivity index (χ0n) is 52.5. The molecule has 1 aliphatic heterocycles. The third-order valence-corrected chi connectivity index (χ3v) is 21.2. The summed E-state index contributed by atoms with van der Waals surface area (Å²) in [5.41, 5.74) is 2.45. The fourth-order valence-corrected chi connectivity index (χ4v) is 15.6. The minimum Gasteiger partial charge on any atom is -0.396 e. The van der Waals surface area contributed by atoms with Gasteiger partial charge in [-0.25, -0.2) is 5.90 Å². The van der Waals surface area contributed by atoms with Gasteiger partial charge in [-0.3, -0.25) is 9.59 Å². The first-order valence-electron chi connectivity index (χ1n) is 30.5. The first-order chi connectivity index (χ1) is 35.3. The van der Waals surface area contributed by atoms with E-state index in [2.05, 4.69) is 133 Å². The number of ether oxygens (including phenoxy) is 3. The number of hydrogen-bond donors (Lipinski definition) is 2. The monoisotopic (exact) mass is 1090 g/mol. The van der Waals surface area contributed by atoms with Crippen LogP contribution >= 0.6 is 0 Å². The van der Waals surface area contributed by atoms with E-state index in [-0.39, 0.29) is 43.4 Å². The Morgan fingerprint density at radius 1 is 0.753 bits per heavy atom. The van der Waals surface area contributed by atoms with Gasteiger partial charge in [-0.2, -0.15) is 0 Å². The van der Waals surface area contributed by atoms with Crippen molar-refractivity contribution in [1.82, 2.24) is 0 Å². The Hall–Kier alpha value is -1.95. The number of oxime groups is 1. The zero-order valence-corrected chi connectivity index (χ0v) is 52.5. The number of carbonyl (C=O) groups excluding carboxylic acids is 2. The summed E-state index contributed by atoms with van der Waals surface area (Å²) < 4.78 is 16.9. The molecule has 1 saturated heterocycles. The number of fused-ring (bicyclic) bond motifs is 3. The van der Waals surface area contributed by atoms with Crippen LogP contribution in [-0.2, 0) is 33.5 Å². The number of ketones is 2. The van der Waals surface area contributed by atoms with Gasteiger partial charge < -0.3 is 29.0 Å². The van der Waals surface area contributed by atoms with Gasteiger partial charge in [-0.15, -0.1) is 6.58 Å². The van der Waals surface area contributed by atoms with Gasteiger partial charge in [0, 0.05) is 37.8 Å². The van der Waals surface area contributed by atoms with Crippen molar-refractivity contribution in [3.8, 4) is 0 Å². The molecule has 0 aromatic carbocycles. The SMILES string of the molecule is C.C=CCO/N=C(\COC[C@@H](C)[C@H]1CC[C@H]2C(=O)CCC[C@]12C)C(C)(C)C.C=CCON.CC(C)(C)C1CO1.C[C@H](CO)[C@@]1(C)CC[C@H]2[C@@H](C)CCC[C@@]21C.C[C@H](COCC(=O)C(C)(C)C)[C@H]1CC[C@H]2[C@@H](C)CCC[C@]12C.[2HH]. The van der Waals surface area contributed by atoms with Gasteiger partial charge >= 0.3 is 0 Å². The van der Waals surface area contributed by atoms with Crippen molar-refractivity contribution >= 4 is 17.3 Å². The quantitative estimate of drug-likeness (QED) is 0.0478. The molecular formula is C67H126N2O8. The molecule has 15 atom stereocenters. The molecule has 10 nitrogen and oxygen atoms in total. The highest BCUT2D eigenvalue weighted by Gasteiger charge is 2.58. The Labute approximate surface area is 476 Å². The third kappa shape index (κ3) is 19.1. The topological polar surface area (TPSA) is 142 Å². The molecule has 7 aliphatic rings. The maximum absolute atomic E-state index is 12.3. The van der Waals surface area contributed by atoms with E-state index in [1.165, 1.54) is 70.6 Å². The van der Waals surface area contributed by atoms with Crippen LogP contribution in [0.2, 0.25) is 0 Å². The maximum atomic E-state index is 12.3. The Balaban J connectivity index is 0.000000529. The average Bonchev–Trinajstić information content (AvgIpc) is 3.98. The molecule has 7 fully saturated rings. The van der Waals surface area contributed by atoms with Crippen LogP contribution in [-0.4, -0.2) is 81.3 Å². The van der Waals surface area contributed by atoms with Crippen molar-refractivity contribution in [3.63, 3.8) is 0 Å². The van der Waals surface area contributed by atoms with Crippen molar-refractivity contribution in [2.45, 2.75) is 234 Å². The largest absolute Gasteiger partial charge is 0.396 e. The van der Waals surface area contributed by atoms with Crippen LogP contribution in [0.1, 0.15) is 230 Å². The molecule has 6 saturated carbocycles. The zero-order chi connectivity index (χ0) is 57.5. The molecule has 3 N–H and O–H groups in total. The van der Waals surface area contributed by atoms with Crippen LogP contribution in [0, 0.1) is 97.1 Å². The van der Waals surface area contributed by atoms with E-state index in [1.807, 2.05) is 20.8 Å². The van der Waals surface area contributed by atoms with Crippen LogP contribution in [0.25, 0.3) is 0 Å². The highest BCUT2D eigenvalue weighted by molar-refractivity contribution is 5.90. The lowest BCUT2D eigenvalue weighted by Gasteiger charge is -2.52. The normalized spacial score (nSPS) is 34.6. The van der Waals surface area contributed by atoms with Crippen LogP contribution in [0.4, 0.5) is 0 Å². The number of Topliss-reactive ketones (excluding diaryl/α,β-unsaturated/α-hetero) is 2. The highest BCUT2D eigenvalue weighted by Crippen LogP contribution is 2.66. The Kier molecular flexibility index (Phi) is 28.6. The van der Waals surface area contributed by atoms with Crippen molar-refractivity contribution in [2.24, 2.45) is 108 Å². The molecule has 77 heavy (non-hydrogen) atoms. The molecule has 0 aromatic rings. The van der Waals surface area contributed by atoms with Crippen molar-refractivity contribution in [2.75, 3.05) is 52.9 Å². The lowest BCUT2D eigenvalue weighted by atomic mass is 9.53. The highest BCUT2D eigenvalue weighted by atomic mass is 16.6. The number of hydrogen-bond acceptors (Lipinski definition) is 10. The maximum Gasteiger partial charge on any atom is 0.163 e. The van der Waals surface area contributed by atoms with Gasteiger partial charge in [-0.1, -0.05) is 182 Å². The fourth-order valence-electron chi connectivity index (χ4n) is 15.6. The summed E-state index contributed by atoms with van der Waals surface area (Å²) in [6.07, 6.45) is 22.9. The number of rotatable bonds is 17. The second-order valence-corrected chi connectivity index (χ2v) is 29.5. The van der Waals surface area contributed by atoms with Crippen LogP contribution < -0.4 is 5.90 Å². The number of nitrogens with zero attached hydrogens (tertiary/aromatic N) is 1. The van der Waals surface area contributed by atoms with E-state index in [1.54, 1.807) is 12.2 Å². The molecule has 10 heteroatoms. The molecule has 7 rings (SSSR count). The number of aliphatic hydroxyl groups excluding tert-OH is 1. The lowest BCUT2D eigenvalue weighted by Crippen LogP contribution is -2.45. The standard InChI is InChI=1S/C22H37NO3.C20H36O2.C15H28O.C6H12O.C3H7NO.CH4.H2/c1-7-13-26-23-20(21(3,4)5)15-25-14-16(2)17-10-11-18-19(24)9-8-12-22(17,18)6;1-14-8-7-11-20(6)16(14)9-10-17(20)15(2)12-22-13-18(21)19(3,4)5;1-11-6-5-8-15(4)13(11)7-9-14(15,3)12(2)10-16;1-6(2,3)5-4-7-5;1-2-3-5-4;;/h7,16-18H,1,8-15H2,2-6H3;14-17H,7-13H2,1-6H3;11-13,16H,5-10H2,1-4H3;5H,4H2,1-3H3;2H,1,3-4H2;1H4;1H/b23-20+;;;;;;/t16-,17-,18+,22-;14-,15+,16-,17+,20-;11-,12+,13-,14+,15-;;;;/m100..../s1/i;;;;;;1+1. The van der Waals surface area contributed by atoms with Gasteiger partial charge in [0.15, 0.2) is 5.78 Å². The summed E-state index contributed by atoms with van der Waals surface area (Å²) in [4.78, 5) is 33.6.